The Morgan fingerprint density at radius 2 is 1.48 bits per heavy atom. The third-order valence-corrected chi connectivity index (χ3v) is 3.44. The van der Waals surface area contributed by atoms with E-state index >= 15 is 0 Å². The van der Waals surface area contributed by atoms with Crippen LogP contribution in [0, 0.1) is 0 Å². The molecule has 0 aromatic heterocycles. The number of rotatable bonds is 10. The van der Waals surface area contributed by atoms with Crippen LogP contribution >= 0.6 is 0 Å². The molecule has 0 N–H and O–H groups in total. The number of benzene rings is 1. The second kappa shape index (κ2) is 9.47. The van der Waals surface area contributed by atoms with E-state index in [1.165, 1.54) is 0 Å². The van der Waals surface area contributed by atoms with Crippen LogP contribution in [0.4, 0.5) is 0 Å². The van der Waals surface area contributed by atoms with Gasteiger partial charge < -0.3 is 23.8 Å². The highest BCUT2D eigenvalue weighted by molar-refractivity contribution is 5.53. The maximum Gasteiger partial charge on any atom is 0.203 e. The van der Waals surface area contributed by atoms with Crippen molar-refractivity contribution in [1.82, 2.24) is 4.90 Å². The second-order valence-electron chi connectivity index (χ2n) is 4.61. The van der Waals surface area contributed by atoms with E-state index in [0.29, 0.717) is 30.5 Å². The largest absolute Gasteiger partial charge is 0.493 e. The normalized spacial score (nSPS) is 10.8. The summed E-state index contributed by atoms with van der Waals surface area (Å²) < 4.78 is 21.7. The van der Waals surface area contributed by atoms with Crippen LogP contribution in [-0.2, 0) is 11.3 Å². The molecule has 0 saturated carbocycles. The zero-order valence-corrected chi connectivity index (χ0v) is 13.8. The third-order valence-electron chi connectivity index (χ3n) is 3.44. The standard InChI is InChI=1S/C16H27NO4/c1-6-17(7-2)8-9-21-12-13-10-14(18-3)16(20-5)15(11-13)19-4/h10-11H,6-9,12H2,1-5H3. The van der Waals surface area contributed by atoms with Gasteiger partial charge in [0.15, 0.2) is 11.5 Å². The molecule has 0 bridgehead atoms. The summed E-state index contributed by atoms with van der Waals surface area (Å²) in [6, 6.07) is 3.83. The van der Waals surface area contributed by atoms with Gasteiger partial charge in [-0.3, -0.25) is 0 Å². The molecule has 1 rings (SSSR count). The summed E-state index contributed by atoms with van der Waals surface area (Å²) in [5.41, 5.74) is 1.00. The zero-order chi connectivity index (χ0) is 15.7. The Balaban J connectivity index is 2.63. The fraction of sp³-hybridized carbons (Fsp3) is 0.625. The van der Waals surface area contributed by atoms with Gasteiger partial charge in [0.1, 0.15) is 0 Å². The van der Waals surface area contributed by atoms with Crippen LogP contribution in [-0.4, -0.2) is 52.5 Å². The molecule has 21 heavy (non-hydrogen) atoms. The molecular formula is C16H27NO4. The molecule has 0 radical (unpaired) electrons. The SMILES string of the molecule is CCN(CC)CCOCc1cc(OC)c(OC)c(OC)c1. The fourth-order valence-corrected chi connectivity index (χ4v) is 2.14. The first-order valence-electron chi connectivity index (χ1n) is 7.29. The Morgan fingerprint density at radius 1 is 0.905 bits per heavy atom. The van der Waals surface area contributed by atoms with E-state index in [4.69, 9.17) is 18.9 Å². The number of likely N-dealkylation sites (N-methyl/N-ethyl adjacent to an activating group) is 1. The molecule has 5 nitrogen and oxygen atoms in total. The monoisotopic (exact) mass is 297 g/mol. The average Bonchev–Trinajstić information content (AvgIpc) is 2.53. The molecule has 0 unspecified atom stereocenters. The van der Waals surface area contributed by atoms with E-state index in [1.807, 2.05) is 12.1 Å². The minimum atomic E-state index is 0.526. The summed E-state index contributed by atoms with van der Waals surface area (Å²) in [6.45, 7) is 8.58. The van der Waals surface area contributed by atoms with Crippen molar-refractivity contribution in [1.29, 1.82) is 0 Å². The van der Waals surface area contributed by atoms with Gasteiger partial charge in [-0.1, -0.05) is 13.8 Å². The summed E-state index contributed by atoms with van der Waals surface area (Å²) in [4.78, 5) is 2.33. The predicted octanol–water partition coefficient (Wildman–Crippen LogP) is 2.57. The average molecular weight is 297 g/mol. The van der Waals surface area contributed by atoms with Gasteiger partial charge in [0.25, 0.3) is 0 Å². The predicted molar refractivity (Wildman–Crippen MR) is 83.5 cm³/mol. The second-order valence-corrected chi connectivity index (χ2v) is 4.61. The lowest BCUT2D eigenvalue weighted by molar-refractivity contribution is 0.0953. The summed E-state index contributed by atoms with van der Waals surface area (Å²) >= 11 is 0. The molecule has 0 spiro atoms. The molecule has 5 heteroatoms. The molecule has 0 atom stereocenters. The van der Waals surface area contributed by atoms with E-state index in [0.717, 1.165) is 25.2 Å². The Hall–Kier alpha value is -1.46. The van der Waals surface area contributed by atoms with E-state index in [2.05, 4.69) is 18.7 Å². The topological polar surface area (TPSA) is 40.2 Å². The molecule has 0 aliphatic carbocycles. The minimum Gasteiger partial charge on any atom is -0.493 e. The van der Waals surface area contributed by atoms with Crippen LogP contribution in [0.15, 0.2) is 12.1 Å². The van der Waals surface area contributed by atoms with Crippen LogP contribution in [0.25, 0.3) is 0 Å². The van der Waals surface area contributed by atoms with Crippen LogP contribution < -0.4 is 14.2 Å². The highest BCUT2D eigenvalue weighted by atomic mass is 16.5. The molecule has 0 aliphatic rings. The minimum absolute atomic E-state index is 0.526. The molecule has 0 fully saturated rings. The zero-order valence-electron chi connectivity index (χ0n) is 13.8. The van der Waals surface area contributed by atoms with Crippen molar-refractivity contribution in [2.75, 3.05) is 47.6 Å². The fourth-order valence-electron chi connectivity index (χ4n) is 2.14. The number of hydrogen-bond donors (Lipinski definition) is 0. The quantitative estimate of drug-likeness (QED) is 0.621. The van der Waals surface area contributed by atoms with Gasteiger partial charge in [-0.25, -0.2) is 0 Å². The Morgan fingerprint density at radius 3 is 1.90 bits per heavy atom. The number of hydrogen-bond acceptors (Lipinski definition) is 5. The lowest BCUT2D eigenvalue weighted by Crippen LogP contribution is -2.26. The molecule has 1 aromatic rings. The Kier molecular flexibility index (Phi) is 7.93. The molecule has 0 saturated heterocycles. The first-order valence-corrected chi connectivity index (χ1v) is 7.29. The van der Waals surface area contributed by atoms with Gasteiger partial charge in [0.05, 0.1) is 34.5 Å². The highest BCUT2D eigenvalue weighted by Crippen LogP contribution is 2.38. The number of methoxy groups -OCH3 is 3. The van der Waals surface area contributed by atoms with Crippen molar-refractivity contribution in [3.05, 3.63) is 17.7 Å². The van der Waals surface area contributed by atoms with Gasteiger partial charge in [-0.2, -0.15) is 0 Å². The first-order chi connectivity index (χ1) is 10.2. The van der Waals surface area contributed by atoms with Crippen molar-refractivity contribution in [2.24, 2.45) is 0 Å². The molecule has 120 valence electrons. The molecule has 0 heterocycles. The van der Waals surface area contributed by atoms with Crippen LogP contribution in [0.1, 0.15) is 19.4 Å². The van der Waals surface area contributed by atoms with E-state index < -0.39 is 0 Å². The maximum absolute atomic E-state index is 5.73. The number of ether oxygens (including phenoxy) is 4. The maximum atomic E-state index is 5.73. The van der Waals surface area contributed by atoms with Crippen molar-refractivity contribution in [2.45, 2.75) is 20.5 Å². The lowest BCUT2D eigenvalue weighted by Gasteiger charge is -2.18. The third kappa shape index (κ3) is 5.10. The molecule has 1 aromatic carbocycles. The van der Waals surface area contributed by atoms with Crippen molar-refractivity contribution in [3.63, 3.8) is 0 Å². The Bertz CT molecular complexity index is 394. The first kappa shape index (κ1) is 17.6. The molecule has 0 amide bonds. The van der Waals surface area contributed by atoms with Crippen LogP contribution in [0.2, 0.25) is 0 Å². The van der Waals surface area contributed by atoms with Gasteiger partial charge >= 0.3 is 0 Å². The summed E-state index contributed by atoms with van der Waals surface area (Å²) in [6.07, 6.45) is 0. The van der Waals surface area contributed by atoms with Gasteiger partial charge in [-0.05, 0) is 30.8 Å². The smallest absolute Gasteiger partial charge is 0.203 e. The van der Waals surface area contributed by atoms with Gasteiger partial charge in [-0.15, -0.1) is 0 Å². The van der Waals surface area contributed by atoms with Crippen LogP contribution in [0.5, 0.6) is 17.2 Å². The summed E-state index contributed by atoms with van der Waals surface area (Å²) in [5.74, 6) is 1.91. The lowest BCUT2D eigenvalue weighted by atomic mass is 10.2. The van der Waals surface area contributed by atoms with Crippen molar-refractivity contribution >= 4 is 0 Å². The summed E-state index contributed by atoms with van der Waals surface area (Å²) in [7, 11) is 4.82. The van der Waals surface area contributed by atoms with Gasteiger partial charge in [0, 0.05) is 6.54 Å². The van der Waals surface area contributed by atoms with Crippen molar-refractivity contribution < 1.29 is 18.9 Å². The Labute approximate surface area is 127 Å². The molecular weight excluding hydrogens is 270 g/mol. The highest BCUT2D eigenvalue weighted by Gasteiger charge is 2.13. The molecule has 0 aliphatic heterocycles. The van der Waals surface area contributed by atoms with E-state index in [1.54, 1.807) is 21.3 Å². The number of nitrogens with zero attached hydrogens (tertiary/aromatic N) is 1. The van der Waals surface area contributed by atoms with E-state index in [9.17, 15) is 0 Å². The van der Waals surface area contributed by atoms with Gasteiger partial charge in [0.2, 0.25) is 5.75 Å². The van der Waals surface area contributed by atoms with Crippen LogP contribution in [0.3, 0.4) is 0 Å². The van der Waals surface area contributed by atoms with E-state index in [-0.39, 0.29) is 0 Å². The van der Waals surface area contributed by atoms with Crippen molar-refractivity contribution in [3.8, 4) is 17.2 Å². The summed E-state index contributed by atoms with van der Waals surface area (Å²) in [5, 5.41) is 0.